The van der Waals surface area contributed by atoms with Gasteiger partial charge >= 0.3 is 0 Å². The average molecular weight is 342 g/mol. The molecule has 3 rings (SSSR count). The van der Waals surface area contributed by atoms with E-state index < -0.39 is 6.10 Å². The Bertz CT molecular complexity index is 763. The summed E-state index contributed by atoms with van der Waals surface area (Å²) < 4.78 is 19.8. The van der Waals surface area contributed by atoms with Crippen LogP contribution in [0.5, 0.6) is 5.75 Å². The Labute approximate surface area is 149 Å². The Kier molecular flexibility index (Phi) is 4.88. The molecular formula is C22H27FO2. The molecule has 0 spiro atoms. The molecule has 25 heavy (non-hydrogen) atoms. The Hall–Kier alpha value is -1.87. The van der Waals surface area contributed by atoms with E-state index in [-0.39, 0.29) is 11.2 Å². The first kappa shape index (κ1) is 17.9. The van der Waals surface area contributed by atoms with Gasteiger partial charge in [0.15, 0.2) is 0 Å². The molecule has 0 amide bonds. The van der Waals surface area contributed by atoms with Crippen LogP contribution in [0.2, 0.25) is 0 Å². The van der Waals surface area contributed by atoms with Crippen molar-refractivity contribution >= 4 is 0 Å². The molecule has 2 aromatic carbocycles. The van der Waals surface area contributed by atoms with E-state index in [1.54, 1.807) is 19.2 Å². The summed E-state index contributed by atoms with van der Waals surface area (Å²) in [5.41, 5.74) is 3.14. The first-order chi connectivity index (χ1) is 11.8. The second-order valence-corrected chi connectivity index (χ2v) is 7.92. The molecule has 1 saturated carbocycles. The number of benzene rings is 2. The van der Waals surface area contributed by atoms with Gasteiger partial charge < -0.3 is 9.84 Å². The van der Waals surface area contributed by atoms with Crippen LogP contribution in [0, 0.1) is 17.2 Å². The van der Waals surface area contributed by atoms with E-state index >= 15 is 0 Å². The molecule has 0 heterocycles. The lowest BCUT2D eigenvalue weighted by atomic mass is 9.86. The number of ether oxygens (including phenoxy) is 1. The molecule has 3 heteroatoms. The van der Waals surface area contributed by atoms with Crippen LogP contribution in [0.3, 0.4) is 0 Å². The summed E-state index contributed by atoms with van der Waals surface area (Å²) in [7, 11) is 1.57. The van der Waals surface area contributed by atoms with E-state index in [0.29, 0.717) is 17.2 Å². The summed E-state index contributed by atoms with van der Waals surface area (Å²) in [5, 5.41) is 11.0. The van der Waals surface area contributed by atoms with E-state index in [4.69, 9.17) is 4.74 Å². The fourth-order valence-corrected chi connectivity index (χ4v) is 3.37. The number of hydrogen-bond acceptors (Lipinski definition) is 2. The molecule has 0 radical (unpaired) electrons. The highest BCUT2D eigenvalue weighted by Gasteiger charge is 2.45. The van der Waals surface area contributed by atoms with E-state index in [9.17, 15) is 9.50 Å². The molecule has 0 aliphatic heterocycles. The minimum Gasteiger partial charge on any atom is -0.497 e. The summed E-state index contributed by atoms with van der Waals surface area (Å²) in [5.74, 6) is 0.841. The largest absolute Gasteiger partial charge is 0.497 e. The maximum atomic E-state index is 14.5. The molecule has 0 aromatic heterocycles. The lowest BCUT2D eigenvalue weighted by Crippen LogP contribution is -2.12. The Morgan fingerprint density at radius 2 is 1.84 bits per heavy atom. The zero-order chi connectivity index (χ0) is 18.2. The Balaban J connectivity index is 2.12. The number of aliphatic hydroxyl groups excluding tert-OH is 1. The number of halogens is 1. The van der Waals surface area contributed by atoms with Crippen molar-refractivity contribution in [2.75, 3.05) is 7.11 Å². The molecule has 0 saturated heterocycles. The third kappa shape index (κ3) is 3.72. The minimum atomic E-state index is -0.583. The third-order valence-electron chi connectivity index (χ3n) is 5.22. The molecule has 1 aliphatic rings. The van der Waals surface area contributed by atoms with E-state index in [2.05, 4.69) is 26.8 Å². The van der Waals surface area contributed by atoms with Gasteiger partial charge in [0.25, 0.3) is 0 Å². The van der Waals surface area contributed by atoms with Gasteiger partial charge in [0.1, 0.15) is 11.6 Å². The molecule has 1 aliphatic carbocycles. The van der Waals surface area contributed by atoms with Gasteiger partial charge in [-0.25, -0.2) is 4.39 Å². The summed E-state index contributed by atoms with van der Waals surface area (Å²) in [6.07, 6.45) is 2.36. The van der Waals surface area contributed by atoms with Gasteiger partial charge in [0, 0.05) is 5.56 Å². The van der Waals surface area contributed by atoms with Gasteiger partial charge in [-0.1, -0.05) is 39.0 Å². The smallest absolute Gasteiger partial charge is 0.131 e. The molecule has 1 atom stereocenters. The fourth-order valence-electron chi connectivity index (χ4n) is 3.37. The van der Waals surface area contributed by atoms with Crippen LogP contribution in [0.1, 0.15) is 50.8 Å². The number of rotatable bonds is 6. The van der Waals surface area contributed by atoms with Crippen molar-refractivity contribution in [2.45, 2.75) is 46.1 Å². The fraction of sp³-hybridized carbons (Fsp3) is 0.455. The second kappa shape index (κ2) is 6.80. The maximum absolute atomic E-state index is 14.5. The van der Waals surface area contributed by atoms with Gasteiger partial charge in [-0.2, -0.15) is 0 Å². The third-order valence-corrected chi connectivity index (χ3v) is 5.22. The topological polar surface area (TPSA) is 29.5 Å². The van der Waals surface area contributed by atoms with Crippen molar-refractivity contribution in [3.63, 3.8) is 0 Å². The van der Waals surface area contributed by atoms with Crippen molar-refractivity contribution in [2.24, 2.45) is 11.3 Å². The van der Waals surface area contributed by atoms with Crippen LogP contribution in [0.15, 0.2) is 36.4 Å². The minimum absolute atomic E-state index is 0.0967. The van der Waals surface area contributed by atoms with Crippen molar-refractivity contribution in [1.82, 2.24) is 0 Å². The molecule has 2 nitrogen and oxygen atoms in total. The predicted octanol–water partition coefficient (Wildman–Crippen LogP) is 5.53. The molecule has 134 valence electrons. The number of hydrogen-bond donors (Lipinski definition) is 1. The molecule has 1 fully saturated rings. The average Bonchev–Trinajstić information content (AvgIpc) is 3.33. The molecule has 0 bridgehead atoms. The van der Waals surface area contributed by atoms with Crippen LogP contribution in [0.4, 0.5) is 4.39 Å². The van der Waals surface area contributed by atoms with E-state index in [0.717, 1.165) is 30.4 Å². The number of aliphatic hydroxyl groups is 1. The summed E-state index contributed by atoms with van der Waals surface area (Å²) in [6, 6.07) is 10.8. The second-order valence-electron chi connectivity index (χ2n) is 7.92. The van der Waals surface area contributed by atoms with Gasteiger partial charge in [0.05, 0.1) is 13.2 Å². The van der Waals surface area contributed by atoms with Gasteiger partial charge in [-0.15, -0.1) is 0 Å². The van der Waals surface area contributed by atoms with Crippen LogP contribution in [0.25, 0.3) is 11.1 Å². The molecule has 1 N–H and O–H groups in total. The monoisotopic (exact) mass is 342 g/mol. The normalized spacial score (nSPS) is 16.8. The first-order valence-corrected chi connectivity index (χ1v) is 8.99. The maximum Gasteiger partial charge on any atom is 0.131 e. The highest BCUT2D eigenvalue weighted by Crippen LogP contribution is 2.55. The summed E-state index contributed by atoms with van der Waals surface area (Å²) in [4.78, 5) is 0. The van der Waals surface area contributed by atoms with Crippen molar-refractivity contribution in [3.8, 4) is 16.9 Å². The lowest BCUT2D eigenvalue weighted by Gasteiger charge is -2.23. The van der Waals surface area contributed by atoms with Crippen molar-refractivity contribution in [1.29, 1.82) is 0 Å². The van der Waals surface area contributed by atoms with Crippen LogP contribution in [-0.2, 0) is 6.42 Å². The van der Waals surface area contributed by atoms with Gasteiger partial charge in [-0.3, -0.25) is 0 Å². The Morgan fingerprint density at radius 3 is 2.44 bits per heavy atom. The van der Waals surface area contributed by atoms with Gasteiger partial charge in [-0.05, 0) is 65.5 Å². The quantitative estimate of drug-likeness (QED) is 0.747. The standard InChI is InChI=1S/C22H27FO2/c1-14(2)11-15-5-7-17(18-13-16(25-4)6-8-20(18)23)19(12-15)21(24)22(3)9-10-22/h5-8,12-14,21,24H,9-11H2,1-4H3/t21-/m0/s1. The van der Waals surface area contributed by atoms with E-state index in [1.165, 1.54) is 11.6 Å². The molecular weight excluding hydrogens is 315 g/mol. The molecule has 0 unspecified atom stereocenters. The van der Waals surface area contributed by atoms with Crippen LogP contribution >= 0.6 is 0 Å². The highest BCUT2D eigenvalue weighted by atomic mass is 19.1. The van der Waals surface area contributed by atoms with Crippen molar-refractivity contribution in [3.05, 3.63) is 53.3 Å². The summed E-state index contributed by atoms with van der Waals surface area (Å²) >= 11 is 0. The Morgan fingerprint density at radius 1 is 1.12 bits per heavy atom. The van der Waals surface area contributed by atoms with E-state index in [1.807, 2.05) is 12.1 Å². The van der Waals surface area contributed by atoms with Crippen LogP contribution in [-0.4, -0.2) is 12.2 Å². The van der Waals surface area contributed by atoms with Crippen LogP contribution < -0.4 is 4.74 Å². The highest BCUT2D eigenvalue weighted by molar-refractivity contribution is 5.70. The lowest BCUT2D eigenvalue weighted by molar-refractivity contribution is 0.104. The molecule has 2 aromatic rings. The number of methoxy groups -OCH3 is 1. The zero-order valence-electron chi connectivity index (χ0n) is 15.5. The van der Waals surface area contributed by atoms with Crippen molar-refractivity contribution < 1.29 is 14.2 Å². The summed E-state index contributed by atoms with van der Waals surface area (Å²) in [6.45, 7) is 6.44. The predicted molar refractivity (Wildman–Crippen MR) is 99.2 cm³/mol. The zero-order valence-corrected chi connectivity index (χ0v) is 15.5. The van der Waals surface area contributed by atoms with Gasteiger partial charge in [0.2, 0.25) is 0 Å². The SMILES string of the molecule is COc1ccc(F)c(-c2ccc(CC(C)C)cc2[C@H](O)C2(C)CC2)c1. The first-order valence-electron chi connectivity index (χ1n) is 8.99.